The second-order valence-corrected chi connectivity index (χ2v) is 6.22. The van der Waals surface area contributed by atoms with Crippen LogP contribution in [0.5, 0.6) is 0 Å². The molecule has 2 aliphatic rings. The maximum atomic E-state index is 2.72. The van der Waals surface area contributed by atoms with E-state index in [1.807, 2.05) is 0 Å². The van der Waals surface area contributed by atoms with Crippen LogP contribution in [0.3, 0.4) is 0 Å². The minimum Gasteiger partial charge on any atom is -0.298 e. The van der Waals surface area contributed by atoms with Gasteiger partial charge in [-0.15, -0.1) is 0 Å². The number of hydrogen-bond donors (Lipinski definition) is 0. The Labute approximate surface area is 117 Å². The van der Waals surface area contributed by atoms with E-state index in [0.717, 1.165) is 12.1 Å². The van der Waals surface area contributed by atoms with Gasteiger partial charge in [-0.05, 0) is 51.3 Å². The molecule has 1 aromatic carbocycles. The Kier molecular flexibility index (Phi) is 4.19. The lowest BCUT2D eigenvalue weighted by molar-refractivity contribution is 0.0589. The fourth-order valence-electron chi connectivity index (χ4n) is 3.69. The van der Waals surface area contributed by atoms with Gasteiger partial charge in [0.2, 0.25) is 0 Å². The molecule has 0 radical (unpaired) electrons. The van der Waals surface area contributed by atoms with Gasteiger partial charge in [0.15, 0.2) is 0 Å². The molecule has 0 spiro atoms. The highest BCUT2D eigenvalue weighted by Gasteiger charge is 2.33. The fourth-order valence-corrected chi connectivity index (χ4v) is 3.69. The van der Waals surface area contributed by atoms with Crippen molar-refractivity contribution < 1.29 is 0 Å². The summed E-state index contributed by atoms with van der Waals surface area (Å²) in [5.74, 6) is 0. The summed E-state index contributed by atoms with van der Waals surface area (Å²) in [6.07, 6.45) is 5.34. The predicted octanol–water partition coefficient (Wildman–Crippen LogP) is 2.79. The van der Waals surface area contributed by atoms with Crippen LogP contribution in [0.15, 0.2) is 30.3 Å². The quantitative estimate of drug-likeness (QED) is 0.819. The summed E-state index contributed by atoms with van der Waals surface area (Å²) in [6.45, 7) is 7.59. The Bertz CT molecular complexity index is 390. The van der Waals surface area contributed by atoms with Crippen LogP contribution in [-0.4, -0.2) is 48.1 Å². The molecule has 2 atom stereocenters. The molecule has 2 heteroatoms. The van der Waals surface area contributed by atoms with Gasteiger partial charge in [0.1, 0.15) is 0 Å². The van der Waals surface area contributed by atoms with Crippen LogP contribution in [0.25, 0.3) is 0 Å². The minimum atomic E-state index is 0.741. The van der Waals surface area contributed by atoms with Crippen molar-refractivity contribution in [2.24, 2.45) is 0 Å². The van der Waals surface area contributed by atoms with Crippen molar-refractivity contribution in [3.05, 3.63) is 35.9 Å². The van der Waals surface area contributed by atoms with Crippen LogP contribution < -0.4 is 0 Å². The number of benzene rings is 1. The van der Waals surface area contributed by atoms with Crippen LogP contribution >= 0.6 is 0 Å². The second-order valence-electron chi connectivity index (χ2n) is 6.22. The van der Waals surface area contributed by atoms with Crippen molar-refractivity contribution in [1.29, 1.82) is 0 Å². The van der Waals surface area contributed by atoms with E-state index in [9.17, 15) is 0 Å². The highest BCUT2D eigenvalue weighted by atomic mass is 15.3. The van der Waals surface area contributed by atoms with Crippen LogP contribution in [0.2, 0.25) is 0 Å². The molecule has 3 rings (SSSR count). The number of hydrogen-bond acceptors (Lipinski definition) is 2. The molecule has 0 aliphatic carbocycles. The lowest BCUT2D eigenvalue weighted by Crippen LogP contribution is -2.55. The molecule has 1 aromatic rings. The standard InChI is InChI=1S/C17H26N2/c1-15-13-19-12-6-10-17(19)14-18(15)11-5-9-16-7-3-2-4-8-16/h2-4,7-8,15,17H,5-6,9-14H2,1H3. The van der Waals surface area contributed by atoms with Gasteiger partial charge in [-0.25, -0.2) is 0 Å². The molecule has 2 aliphatic heterocycles. The number of piperazine rings is 1. The second kappa shape index (κ2) is 6.06. The Morgan fingerprint density at radius 3 is 2.84 bits per heavy atom. The molecule has 0 aromatic heterocycles. The number of fused-ring (bicyclic) bond motifs is 1. The van der Waals surface area contributed by atoms with Gasteiger partial charge in [0.25, 0.3) is 0 Å². The Morgan fingerprint density at radius 2 is 2.00 bits per heavy atom. The van der Waals surface area contributed by atoms with E-state index in [1.54, 1.807) is 0 Å². The van der Waals surface area contributed by atoms with E-state index < -0.39 is 0 Å². The SMILES string of the molecule is CC1CN2CCCC2CN1CCCc1ccccc1. The lowest BCUT2D eigenvalue weighted by atomic mass is 10.1. The Balaban J connectivity index is 1.47. The molecule has 2 unspecified atom stereocenters. The zero-order valence-electron chi connectivity index (χ0n) is 12.1. The summed E-state index contributed by atoms with van der Waals surface area (Å²) in [4.78, 5) is 5.42. The van der Waals surface area contributed by atoms with Crippen molar-refractivity contribution in [3.63, 3.8) is 0 Å². The average Bonchev–Trinajstić information content (AvgIpc) is 2.87. The van der Waals surface area contributed by atoms with Crippen molar-refractivity contribution in [2.75, 3.05) is 26.2 Å². The smallest absolute Gasteiger partial charge is 0.0224 e. The number of aryl methyl sites for hydroxylation is 1. The zero-order chi connectivity index (χ0) is 13.1. The summed E-state index contributed by atoms with van der Waals surface area (Å²) in [7, 11) is 0. The van der Waals surface area contributed by atoms with Crippen molar-refractivity contribution in [3.8, 4) is 0 Å². The monoisotopic (exact) mass is 258 g/mol. The molecule has 0 amide bonds. The Hall–Kier alpha value is -0.860. The molecule has 2 nitrogen and oxygen atoms in total. The van der Waals surface area contributed by atoms with E-state index in [0.29, 0.717) is 0 Å². The summed E-state index contributed by atoms with van der Waals surface area (Å²) in [6, 6.07) is 12.5. The highest BCUT2D eigenvalue weighted by molar-refractivity contribution is 5.14. The molecular weight excluding hydrogens is 232 g/mol. The fraction of sp³-hybridized carbons (Fsp3) is 0.647. The third kappa shape index (κ3) is 3.18. The Morgan fingerprint density at radius 1 is 1.16 bits per heavy atom. The molecule has 2 heterocycles. The summed E-state index contributed by atoms with van der Waals surface area (Å²) < 4.78 is 0. The third-order valence-corrected chi connectivity index (χ3v) is 4.82. The molecule has 0 N–H and O–H groups in total. The molecule has 0 saturated carbocycles. The van der Waals surface area contributed by atoms with E-state index in [-0.39, 0.29) is 0 Å². The van der Waals surface area contributed by atoms with Gasteiger partial charge in [0, 0.05) is 25.2 Å². The molecule has 0 bridgehead atoms. The normalized spacial score (nSPS) is 28.5. The number of nitrogens with zero attached hydrogens (tertiary/aromatic N) is 2. The van der Waals surface area contributed by atoms with Gasteiger partial charge in [-0.1, -0.05) is 30.3 Å². The molecule has 2 fully saturated rings. The summed E-state index contributed by atoms with van der Waals surface area (Å²) >= 11 is 0. The van der Waals surface area contributed by atoms with Gasteiger partial charge in [0.05, 0.1) is 0 Å². The molecule has 104 valence electrons. The van der Waals surface area contributed by atoms with E-state index in [2.05, 4.69) is 47.1 Å². The van der Waals surface area contributed by atoms with Gasteiger partial charge in [-0.2, -0.15) is 0 Å². The van der Waals surface area contributed by atoms with E-state index in [4.69, 9.17) is 0 Å². The van der Waals surface area contributed by atoms with Crippen molar-refractivity contribution in [1.82, 2.24) is 9.80 Å². The maximum absolute atomic E-state index is 2.72. The van der Waals surface area contributed by atoms with Gasteiger partial charge < -0.3 is 0 Å². The largest absolute Gasteiger partial charge is 0.298 e. The van der Waals surface area contributed by atoms with Gasteiger partial charge in [-0.3, -0.25) is 9.80 Å². The third-order valence-electron chi connectivity index (χ3n) is 4.82. The molecule has 19 heavy (non-hydrogen) atoms. The lowest BCUT2D eigenvalue weighted by Gasteiger charge is -2.42. The highest BCUT2D eigenvalue weighted by Crippen LogP contribution is 2.24. The molecular formula is C17H26N2. The van der Waals surface area contributed by atoms with Crippen LogP contribution in [0.4, 0.5) is 0 Å². The van der Waals surface area contributed by atoms with Crippen molar-refractivity contribution >= 4 is 0 Å². The van der Waals surface area contributed by atoms with Crippen LogP contribution in [-0.2, 0) is 6.42 Å². The summed E-state index contributed by atoms with van der Waals surface area (Å²) in [5, 5.41) is 0. The van der Waals surface area contributed by atoms with E-state index in [1.165, 1.54) is 57.4 Å². The van der Waals surface area contributed by atoms with Crippen LogP contribution in [0.1, 0.15) is 31.7 Å². The first-order valence-corrected chi connectivity index (χ1v) is 7.85. The van der Waals surface area contributed by atoms with E-state index >= 15 is 0 Å². The predicted molar refractivity (Wildman–Crippen MR) is 80.4 cm³/mol. The van der Waals surface area contributed by atoms with Crippen molar-refractivity contribution in [2.45, 2.75) is 44.7 Å². The molecule has 2 saturated heterocycles. The van der Waals surface area contributed by atoms with Crippen LogP contribution in [0, 0.1) is 0 Å². The number of rotatable bonds is 4. The first-order chi connectivity index (χ1) is 9.33. The zero-order valence-corrected chi connectivity index (χ0v) is 12.1. The summed E-state index contributed by atoms with van der Waals surface area (Å²) in [5.41, 5.74) is 1.48. The first kappa shape index (κ1) is 13.1. The van der Waals surface area contributed by atoms with Gasteiger partial charge >= 0.3 is 0 Å². The average molecular weight is 258 g/mol. The maximum Gasteiger partial charge on any atom is 0.0224 e. The minimum absolute atomic E-state index is 0.741. The first-order valence-electron chi connectivity index (χ1n) is 7.85. The topological polar surface area (TPSA) is 6.48 Å².